The van der Waals surface area contributed by atoms with Gasteiger partial charge in [0.25, 0.3) is 5.91 Å². The Balaban J connectivity index is 3.44. The van der Waals surface area contributed by atoms with Crippen LogP contribution in [0.4, 0.5) is 4.79 Å². The Morgan fingerprint density at radius 3 is 2.09 bits per heavy atom. The number of hydrogen-bond acceptors (Lipinski definition) is 4. The van der Waals surface area contributed by atoms with E-state index in [1.165, 1.54) is 0 Å². The van der Waals surface area contributed by atoms with Gasteiger partial charge in [0.05, 0.1) is 0 Å². The number of amides is 3. The van der Waals surface area contributed by atoms with Crippen LogP contribution in [0.2, 0.25) is 0 Å². The molecule has 0 aromatic heterocycles. The maximum atomic E-state index is 13.5. The number of hydrogen-bond donors (Lipinski definition) is 2. The number of rotatable bonds is 7. The maximum Gasteiger partial charge on any atom is 0.408 e. The Bertz CT molecular complexity index is 916. The van der Waals surface area contributed by atoms with Gasteiger partial charge in [-0.1, -0.05) is 44.4 Å². The summed E-state index contributed by atoms with van der Waals surface area (Å²) in [4.78, 5) is 40.0. The van der Waals surface area contributed by atoms with E-state index in [0.29, 0.717) is 11.1 Å². The fourth-order valence-corrected chi connectivity index (χ4v) is 2.99. The van der Waals surface area contributed by atoms with Gasteiger partial charge in [-0.3, -0.25) is 14.5 Å². The lowest BCUT2D eigenvalue weighted by atomic mass is 9.96. The van der Waals surface area contributed by atoms with E-state index in [-0.39, 0.29) is 12.0 Å². The number of carbonyl (C=O) groups excluding carboxylic acids is 3. The van der Waals surface area contributed by atoms with Crippen LogP contribution >= 0.6 is 0 Å². The first-order chi connectivity index (χ1) is 14.8. The lowest BCUT2D eigenvalue weighted by molar-refractivity contribution is -0.139. The number of benzene rings is 1. The van der Waals surface area contributed by atoms with Gasteiger partial charge in [0.15, 0.2) is 0 Å². The monoisotopic (exact) mass is 439 g/mol. The van der Waals surface area contributed by atoms with E-state index in [1.54, 1.807) is 72.7 Å². The third kappa shape index (κ3) is 7.35. The van der Waals surface area contributed by atoms with Gasteiger partial charge in [0.2, 0.25) is 5.91 Å². The highest BCUT2D eigenvalue weighted by Gasteiger charge is 2.38. The van der Waals surface area contributed by atoms with Gasteiger partial charge < -0.3 is 15.4 Å². The molecule has 1 rings (SSSR count). The number of nitrogens with zero attached hydrogens (tertiary/aromatic N) is 1. The fraction of sp³-hybridized carbons (Fsp3) is 0.480. The molecular formula is C25H33N3O4. The second-order valence-electron chi connectivity index (χ2n) is 9.00. The normalized spacial score (nSPS) is 12.8. The van der Waals surface area contributed by atoms with E-state index in [9.17, 15) is 14.4 Å². The molecule has 2 atom stereocenters. The predicted octanol–water partition coefficient (Wildman–Crippen LogP) is 3.20. The average molecular weight is 440 g/mol. The SMILES string of the molecule is C#Cc1ccccc1C(C(=O)NC(C)C)N(C#C)C(=O)C(NC(=O)OC(C)(C)C)C(C)C. The molecule has 0 saturated carbocycles. The van der Waals surface area contributed by atoms with E-state index in [0.717, 1.165) is 4.90 Å². The fourth-order valence-electron chi connectivity index (χ4n) is 2.99. The molecule has 0 bridgehead atoms. The standard InChI is InChI=1S/C25H33N3O4/c1-10-18-14-12-13-15-19(18)21(22(29)26-17(5)6)28(11-2)23(30)20(16(3)4)27-24(31)32-25(7,8)9/h1-2,12-17,20-21H,3-9H3,(H,26,29)(H,27,31). The molecule has 2 unspecified atom stereocenters. The van der Waals surface area contributed by atoms with Crippen molar-refractivity contribution in [3.05, 3.63) is 35.4 Å². The average Bonchev–Trinajstić information content (AvgIpc) is 2.67. The largest absolute Gasteiger partial charge is 0.444 e. The molecule has 0 spiro atoms. The summed E-state index contributed by atoms with van der Waals surface area (Å²) in [6, 6.07) is 6.70. The van der Waals surface area contributed by atoms with E-state index in [2.05, 4.69) is 22.6 Å². The van der Waals surface area contributed by atoms with Crippen LogP contribution in [0.5, 0.6) is 0 Å². The minimum atomic E-state index is -1.18. The topological polar surface area (TPSA) is 87.7 Å². The summed E-state index contributed by atoms with van der Waals surface area (Å²) >= 11 is 0. The highest BCUT2D eigenvalue weighted by Crippen LogP contribution is 2.26. The van der Waals surface area contributed by atoms with Crippen molar-refractivity contribution in [2.24, 2.45) is 5.92 Å². The van der Waals surface area contributed by atoms with E-state index < -0.39 is 35.6 Å². The summed E-state index contributed by atoms with van der Waals surface area (Å²) in [5.74, 6) is 1.11. The van der Waals surface area contributed by atoms with Gasteiger partial charge in [-0.2, -0.15) is 0 Å². The highest BCUT2D eigenvalue weighted by atomic mass is 16.6. The molecular weight excluding hydrogens is 406 g/mol. The molecule has 7 nitrogen and oxygen atoms in total. The molecule has 0 radical (unpaired) electrons. The molecule has 0 aliphatic rings. The molecule has 2 N–H and O–H groups in total. The van der Waals surface area contributed by atoms with Gasteiger partial charge in [-0.25, -0.2) is 4.79 Å². The van der Waals surface area contributed by atoms with Crippen LogP contribution in [0, 0.1) is 30.7 Å². The molecule has 1 aromatic carbocycles. The van der Waals surface area contributed by atoms with Crippen LogP contribution in [0.15, 0.2) is 24.3 Å². The first kappa shape index (κ1) is 26.6. The second kappa shape index (κ2) is 11.2. The van der Waals surface area contributed by atoms with Crippen LogP contribution in [0.3, 0.4) is 0 Å². The van der Waals surface area contributed by atoms with Crippen molar-refractivity contribution >= 4 is 17.9 Å². The zero-order valence-corrected chi connectivity index (χ0v) is 19.9. The van der Waals surface area contributed by atoms with Crippen molar-refractivity contribution in [3.8, 4) is 24.8 Å². The zero-order valence-electron chi connectivity index (χ0n) is 19.9. The smallest absolute Gasteiger partial charge is 0.408 e. The molecule has 0 aliphatic heterocycles. The third-order valence-corrected chi connectivity index (χ3v) is 4.33. The Morgan fingerprint density at radius 2 is 1.62 bits per heavy atom. The van der Waals surface area contributed by atoms with Crippen molar-refractivity contribution in [2.45, 2.75) is 72.2 Å². The van der Waals surface area contributed by atoms with E-state index in [1.807, 2.05) is 0 Å². The summed E-state index contributed by atoms with van der Waals surface area (Å²) in [6.07, 6.45) is 10.6. The lowest BCUT2D eigenvalue weighted by Crippen LogP contribution is -2.54. The summed E-state index contributed by atoms with van der Waals surface area (Å²) in [7, 11) is 0. The molecule has 1 aromatic rings. The molecule has 3 amide bonds. The van der Waals surface area contributed by atoms with Crippen LogP contribution in [0.25, 0.3) is 0 Å². The van der Waals surface area contributed by atoms with Crippen molar-refractivity contribution in [1.29, 1.82) is 0 Å². The highest BCUT2D eigenvalue weighted by molar-refractivity contribution is 5.93. The Hall–Kier alpha value is -3.45. The Labute approximate surface area is 191 Å². The van der Waals surface area contributed by atoms with Crippen molar-refractivity contribution in [2.75, 3.05) is 0 Å². The predicted molar refractivity (Wildman–Crippen MR) is 124 cm³/mol. The van der Waals surface area contributed by atoms with Gasteiger partial charge in [0.1, 0.15) is 17.7 Å². The Kier molecular flexibility index (Phi) is 9.35. The van der Waals surface area contributed by atoms with Crippen molar-refractivity contribution in [1.82, 2.24) is 15.5 Å². The summed E-state index contributed by atoms with van der Waals surface area (Å²) < 4.78 is 5.29. The van der Waals surface area contributed by atoms with Crippen LogP contribution in [-0.2, 0) is 14.3 Å². The quantitative estimate of drug-likeness (QED) is 0.505. The number of alkyl carbamates (subject to hydrolysis) is 1. The Morgan fingerprint density at radius 1 is 1.03 bits per heavy atom. The third-order valence-electron chi connectivity index (χ3n) is 4.33. The summed E-state index contributed by atoms with van der Waals surface area (Å²) in [5, 5.41) is 5.38. The minimum absolute atomic E-state index is 0.196. The molecule has 172 valence electrons. The van der Waals surface area contributed by atoms with Crippen molar-refractivity contribution < 1.29 is 19.1 Å². The van der Waals surface area contributed by atoms with Crippen LogP contribution < -0.4 is 10.6 Å². The summed E-state index contributed by atoms with van der Waals surface area (Å²) in [5.41, 5.74) is 0.108. The number of terminal acetylenes is 2. The first-order valence-electron chi connectivity index (χ1n) is 10.5. The molecule has 0 fully saturated rings. The molecule has 0 heterocycles. The maximum absolute atomic E-state index is 13.5. The van der Waals surface area contributed by atoms with Crippen molar-refractivity contribution in [3.63, 3.8) is 0 Å². The minimum Gasteiger partial charge on any atom is -0.444 e. The van der Waals surface area contributed by atoms with E-state index >= 15 is 0 Å². The van der Waals surface area contributed by atoms with Gasteiger partial charge in [-0.05, 0) is 46.6 Å². The van der Waals surface area contributed by atoms with Crippen LogP contribution in [0.1, 0.15) is 65.6 Å². The zero-order chi connectivity index (χ0) is 24.6. The number of carbonyl (C=O) groups is 3. The van der Waals surface area contributed by atoms with Gasteiger partial charge in [0, 0.05) is 23.2 Å². The van der Waals surface area contributed by atoms with Gasteiger partial charge in [-0.15, -0.1) is 6.42 Å². The molecule has 32 heavy (non-hydrogen) atoms. The molecule has 7 heteroatoms. The first-order valence-corrected chi connectivity index (χ1v) is 10.5. The van der Waals surface area contributed by atoms with Crippen LogP contribution in [-0.4, -0.2) is 40.5 Å². The van der Waals surface area contributed by atoms with E-state index in [4.69, 9.17) is 17.6 Å². The van der Waals surface area contributed by atoms with Gasteiger partial charge >= 0.3 is 6.09 Å². The summed E-state index contributed by atoms with van der Waals surface area (Å²) in [6.45, 7) is 12.3. The molecule has 0 aliphatic carbocycles. The molecule has 0 saturated heterocycles. The number of ether oxygens (including phenoxy) is 1. The second-order valence-corrected chi connectivity index (χ2v) is 9.00. The number of nitrogens with one attached hydrogen (secondary N) is 2. The lowest BCUT2D eigenvalue weighted by Gasteiger charge is -2.32.